The number of hydrogen-bond donors (Lipinski definition) is 1. The summed E-state index contributed by atoms with van der Waals surface area (Å²) in [4.78, 5) is 2.36. The van der Waals surface area contributed by atoms with Crippen LogP contribution in [0.5, 0.6) is 0 Å². The molecule has 0 saturated heterocycles. The average molecular weight is 313 g/mol. The van der Waals surface area contributed by atoms with Crippen molar-refractivity contribution in [2.24, 2.45) is 0 Å². The summed E-state index contributed by atoms with van der Waals surface area (Å²) in [7, 11) is 0. The Morgan fingerprint density at radius 2 is 1.57 bits per heavy atom. The van der Waals surface area contributed by atoms with Gasteiger partial charge in [0.05, 0.1) is 12.2 Å². The Balaban J connectivity index is 1.90. The fourth-order valence-electron chi connectivity index (χ4n) is 2.42. The fourth-order valence-corrected chi connectivity index (χ4v) is 2.42. The predicted octanol–water partition coefficient (Wildman–Crippen LogP) is 3.87. The molecule has 0 atom stereocenters. The van der Waals surface area contributed by atoms with Gasteiger partial charge in [-0.15, -0.1) is 0 Å². The number of anilines is 1. The molecule has 124 valence electrons. The summed E-state index contributed by atoms with van der Waals surface area (Å²) >= 11 is 0. The van der Waals surface area contributed by atoms with Gasteiger partial charge in [0.15, 0.2) is 0 Å². The van der Waals surface area contributed by atoms with Crippen molar-refractivity contribution >= 4 is 5.69 Å². The van der Waals surface area contributed by atoms with Gasteiger partial charge in [-0.25, -0.2) is 0 Å². The topological polar surface area (TPSA) is 32.7 Å². The number of benzene rings is 2. The van der Waals surface area contributed by atoms with E-state index >= 15 is 0 Å². The second-order valence-electron chi connectivity index (χ2n) is 6.46. The highest BCUT2D eigenvalue weighted by atomic mass is 16.5. The lowest BCUT2D eigenvalue weighted by molar-refractivity contribution is -0.0209. The lowest BCUT2D eigenvalue weighted by Crippen LogP contribution is -2.28. The maximum atomic E-state index is 9.66. The van der Waals surface area contributed by atoms with E-state index in [0.717, 1.165) is 19.5 Å². The molecule has 0 heterocycles. The van der Waals surface area contributed by atoms with E-state index in [1.54, 1.807) is 13.8 Å². The van der Waals surface area contributed by atoms with Gasteiger partial charge in [0.1, 0.15) is 0 Å². The van der Waals surface area contributed by atoms with Gasteiger partial charge in [0.25, 0.3) is 0 Å². The summed E-state index contributed by atoms with van der Waals surface area (Å²) in [5.41, 5.74) is 1.76. The zero-order valence-corrected chi connectivity index (χ0v) is 14.1. The fraction of sp³-hybridized carbons (Fsp3) is 0.400. The molecule has 0 bridgehead atoms. The molecule has 0 radical (unpaired) electrons. The number of hydrogen-bond acceptors (Lipinski definition) is 3. The van der Waals surface area contributed by atoms with Crippen LogP contribution in [0.15, 0.2) is 60.7 Å². The molecule has 2 aromatic carbocycles. The van der Waals surface area contributed by atoms with Crippen LogP contribution in [0.2, 0.25) is 0 Å². The molecule has 0 amide bonds. The van der Waals surface area contributed by atoms with Gasteiger partial charge in [-0.1, -0.05) is 48.5 Å². The summed E-state index contributed by atoms with van der Waals surface area (Å²) in [6.45, 7) is 6.36. The van der Waals surface area contributed by atoms with Crippen LogP contribution < -0.4 is 4.90 Å². The van der Waals surface area contributed by atoms with Crippen molar-refractivity contribution in [2.75, 3.05) is 24.7 Å². The molecular formula is C20H27NO2. The second kappa shape index (κ2) is 8.70. The summed E-state index contributed by atoms with van der Waals surface area (Å²) < 4.78 is 5.56. The van der Waals surface area contributed by atoms with Crippen LogP contribution in [0.3, 0.4) is 0 Å². The number of rotatable bonds is 9. The lowest BCUT2D eigenvalue weighted by Gasteiger charge is -2.25. The van der Waals surface area contributed by atoms with E-state index in [0.29, 0.717) is 13.2 Å². The maximum absolute atomic E-state index is 9.66. The number of nitrogens with zero attached hydrogens (tertiary/aromatic N) is 1. The molecule has 0 spiro atoms. The van der Waals surface area contributed by atoms with Gasteiger partial charge in [-0.05, 0) is 38.0 Å². The van der Waals surface area contributed by atoms with Crippen LogP contribution in [-0.4, -0.2) is 30.5 Å². The third-order valence-corrected chi connectivity index (χ3v) is 3.51. The summed E-state index contributed by atoms with van der Waals surface area (Å²) in [5.74, 6) is 0. The average Bonchev–Trinajstić information content (AvgIpc) is 2.54. The number of aliphatic hydroxyl groups is 1. The van der Waals surface area contributed by atoms with E-state index < -0.39 is 5.60 Å². The van der Waals surface area contributed by atoms with E-state index in [1.807, 2.05) is 12.1 Å². The van der Waals surface area contributed by atoms with E-state index in [-0.39, 0.29) is 0 Å². The standard InChI is InChI=1S/C20H27NO2/c1-20(2,22)17-23-15-9-14-21(19-12-7-4-8-13-19)16-18-10-5-3-6-11-18/h3-8,10-13,22H,9,14-17H2,1-2H3. The second-order valence-corrected chi connectivity index (χ2v) is 6.46. The third kappa shape index (κ3) is 6.85. The molecule has 1 N–H and O–H groups in total. The van der Waals surface area contributed by atoms with Crippen molar-refractivity contribution in [1.82, 2.24) is 0 Å². The largest absolute Gasteiger partial charge is 0.388 e. The van der Waals surface area contributed by atoms with Crippen molar-refractivity contribution < 1.29 is 9.84 Å². The van der Waals surface area contributed by atoms with E-state index in [9.17, 15) is 5.11 Å². The minimum Gasteiger partial charge on any atom is -0.388 e. The van der Waals surface area contributed by atoms with Crippen LogP contribution in [-0.2, 0) is 11.3 Å². The van der Waals surface area contributed by atoms with Crippen molar-refractivity contribution in [2.45, 2.75) is 32.4 Å². The Morgan fingerprint density at radius 3 is 2.17 bits per heavy atom. The van der Waals surface area contributed by atoms with Gasteiger partial charge >= 0.3 is 0 Å². The molecule has 0 aliphatic rings. The molecule has 0 unspecified atom stereocenters. The monoisotopic (exact) mass is 313 g/mol. The van der Waals surface area contributed by atoms with Gasteiger partial charge < -0.3 is 14.7 Å². The zero-order chi connectivity index (χ0) is 16.5. The first kappa shape index (κ1) is 17.5. The van der Waals surface area contributed by atoms with Crippen molar-refractivity contribution in [3.8, 4) is 0 Å². The normalized spacial score (nSPS) is 11.4. The van der Waals surface area contributed by atoms with Gasteiger partial charge in [-0.2, -0.15) is 0 Å². The predicted molar refractivity (Wildman–Crippen MR) is 95.7 cm³/mol. The van der Waals surface area contributed by atoms with Crippen molar-refractivity contribution in [3.05, 3.63) is 66.2 Å². The van der Waals surface area contributed by atoms with Crippen LogP contribution in [0, 0.1) is 0 Å². The molecule has 2 rings (SSSR count). The number of para-hydroxylation sites is 1. The minimum atomic E-state index is -0.761. The van der Waals surface area contributed by atoms with Gasteiger partial charge in [-0.3, -0.25) is 0 Å². The van der Waals surface area contributed by atoms with E-state index in [2.05, 4.69) is 53.4 Å². The molecule has 0 saturated carbocycles. The Labute approximate surface area is 139 Å². The first-order valence-corrected chi connectivity index (χ1v) is 8.19. The molecule has 0 aromatic heterocycles. The maximum Gasteiger partial charge on any atom is 0.0824 e. The van der Waals surface area contributed by atoms with Crippen molar-refractivity contribution in [3.63, 3.8) is 0 Å². The molecule has 3 nitrogen and oxygen atoms in total. The Hall–Kier alpha value is -1.84. The van der Waals surface area contributed by atoms with Crippen LogP contribution in [0.4, 0.5) is 5.69 Å². The Bertz CT molecular complexity index is 549. The molecule has 3 heteroatoms. The van der Waals surface area contributed by atoms with E-state index in [4.69, 9.17) is 4.74 Å². The Kier molecular flexibility index (Phi) is 6.63. The summed E-state index contributed by atoms with van der Waals surface area (Å²) in [5, 5.41) is 9.66. The van der Waals surface area contributed by atoms with E-state index in [1.165, 1.54) is 11.3 Å². The van der Waals surface area contributed by atoms with Gasteiger partial charge in [0, 0.05) is 25.4 Å². The summed E-state index contributed by atoms with van der Waals surface area (Å²) in [6, 6.07) is 21.0. The Morgan fingerprint density at radius 1 is 0.957 bits per heavy atom. The lowest BCUT2D eigenvalue weighted by atomic mass is 10.2. The highest BCUT2D eigenvalue weighted by molar-refractivity contribution is 5.46. The van der Waals surface area contributed by atoms with Crippen LogP contribution >= 0.6 is 0 Å². The highest BCUT2D eigenvalue weighted by Crippen LogP contribution is 2.17. The first-order chi connectivity index (χ1) is 11.0. The molecule has 0 aliphatic carbocycles. The minimum absolute atomic E-state index is 0.372. The zero-order valence-electron chi connectivity index (χ0n) is 14.1. The SMILES string of the molecule is CC(C)(O)COCCCN(Cc1ccccc1)c1ccccc1. The van der Waals surface area contributed by atoms with Crippen LogP contribution in [0.25, 0.3) is 0 Å². The molecule has 23 heavy (non-hydrogen) atoms. The van der Waals surface area contributed by atoms with Gasteiger partial charge in [0.2, 0.25) is 0 Å². The molecule has 2 aromatic rings. The highest BCUT2D eigenvalue weighted by Gasteiger charge is 2.12. The smallest absolute Gasteiger partial charge is 0.0824 e. The first-order valence-electron chi connectivity index (χ1n) is 8.19. The molecule has 0 fully saturated rings. The quantitative estimate of drug-likeness (QED) is 0.713. The molecule has 0 aliphatic heterocycles. The third-order valence-electron chi connectivity index (χ3n) is 3.51. The number of ether oxygens (including phenoxy) is 1. The summed E-state index contributed by atoms with van der Waals surface area (Å²) in [6.07, 6.45) is 0.928. The van der Waals surface area contributed by atoms with Crippen molar-refractivity contribution in [1.29, 1.82) is 0 Å². The molecular weight excluding hydrogens is 286 g/mol. The van der Waals surface area contributed by atoms with Crippen LogP contribution in [0.1, 0.15) is 25.8 Å².